The standard InChI is InChI=1S/C24H29Cl3O5/c1-13(28)12-32-20-9-17-16-5-4-14-8-15(29)6-7-21(14,2)23(16,27)18(26)10-22(17,3)24(20,31)19(30)11-25/h6-8,16-18,20,31H,4-5,9-12H2,1-3H3/t16-,17-,18-,20+,21-,22-,23-,24+/m0/s1. The van der Waals surface area contributed by atoms with Crippen molar-refractivity contribution in [1.82, 2.24) is 0 Å². The lowest BCUT2D eigenvalue weighted by Gasteiger charge is -2.63. The molecule has 1 N–H and O–H groups in total. The molecular weight excluding hydrogens is 475 g/mol. The molecule has 8 heteroatoms. The number of Topliss-reactive ketones (excluding diaryl/α,β-unsaturated/α-hetero) is 2. The van der Waals surface area contributed by atoms with Gasteiger partial charge in [-0.25, -0.2) is 0 Å². The summed E-state index contributed by atoms with van der Waals surface area (Å²) in [6.45, 7) is 5.10. The monoisotopic (exact) mass is 502 g/mol. The first-order chi connectivity index (χ1) is 14.9. The lowest BCUT2D eigenvalue weighted by molar-refractivity contribution is -0.177. The van der Waals surface area contributed by atoms with E-state index in [-0.39, 0.29) is 42.3 Å². The van der Waals surface area contributed by atoms with Gasteiger partial charge in [0.25, 0.3) is 0 Å². The Morgan fingerprint density at radius 3 is 2.59 bits per heavy atom. The number of fused-ring (bicyclic) bond motifs is 5. The van der Waals surface area contributed by atoms with E-state index in [2.05, 4.69) is 0 Å². The van der Waals surface area contributed by atoms with Crippen LogP contribution < -0.4 is 0 Å². The molecule has 0 aromatic carbocycles. The molecule has 0 aromatic rings. The van der Waals surface area contributed by atoms with Crippen molar-refractivity contribution in [1.29, 1.82) is 0 Å². The van der Waals surface area contributed by atoms with E-state index in [4.69, 9.17) is 39.5 Å². The summed E-state index contributed by atoms with van der Waals surface area (Å²) in [7, 11) is 0. The molecular formula is C24H29Cl3O5. The number of carbonyl (C=O) groups excluding carboxylic acids is 3. The Hall–Kier alpha value is -0.720. The molecule has 176 valence electrons. The number of ether oxygens (including phenoxy) is 1. The molecule has 0 saturated heterocycles. The summed E-state index contributed by atoms with van der Waals surface area (Å²) in [5.74, 6) is -1.43. The first-order valence-corrected chi connectivity index (χ1v) is 12.4. The van der Waals surface area contributed by atoms with Crippen molar-refractivity contribution >= 4 is 52.2 Å². The molecule has 0 bridgehead atoms. The predicted molar refractivity (Wildman–Crippen MR) is 123 cm³/mol. The average Bonchev–Trinajstić information content (AvgIpc) is 2.95. The van der Waals surface area contributed by atoms with Crippen LogP contribution in [0.1, 0.15) is 46.5 Å². The molecule has 0 aliphatic heterocycles. The highest BCUT2D eigenvalue weighted by Crippen LogP contribution is 2.71. The second kappa shape index (κ2) is 7.91. The van der Waals surface area contributed by atoms with Gasteiger partial charge >= 0.3 is 0 Å². The van der Waals surface area contributed by atoms with Crippen molar-refractivity contribution in [2.24, 2.45) is 22.7 Å². The van der Waals surface area contributed by atoms with Gasteiger partial charge in [-0.05, 0) is 56.6 Å². The van der Waals surface area contributed by atoms with Crippen LogP contribution in [0.3, 0.4) is 0 Å². The zero-order valence-corrected chi connectivity index (χ0v) is 20.8. The third-order valence-electron chi connectivity index (χ3n) is 8.83. The third kappa shape index (κ3) is 3.00. The normalized spacial score (nSPS) is 47.3. The maximum absolute atomic E-state index is 13.0. The maximum Gasteiger partial charge on any atom is 0.182 e. The minimum Gasteiger partial charge on any atom is -0.379 e. The maximum atomic E-state index is 13.0. The summed E-state index contributed by atoms with van der Waals surface area (Å²) >= 11 is 20.5. The number of halogens is 3. The van der Waals surface area contributed by atoms with Crippen molar-refractivity contribution in [3.8, 4) is 0 Å². The highest BCUT2D eigenvalue weighted by Gasteiger charge is 2.75. The topological polar surface area (TPSA) is 80.7 Å². The van der Waals surface area contributed by atoms with Crippen LogP contribution in [0.15, 0.2) is 23.8 Å². The number of carbonyl (C=O) groups is 3. The van der Waals surface area contributed by atoms with Gasteiger partial charge in [0, 0.05) is 10.8 Å². The van der Waals surface area contributed by atoms with Gasteiger partial charge in [-0.3, -0.25) is 14.4 Å². The Morgan fingerprint density at radius 1 is 1.28 bits per heavy atom. The Kier molecular flexibility index (Phi) is 6.03. The molecule has 3 saturated carbocycles. The molecule has 4 aliphatic carbocycles. The van der Waals surface area contributed by atoms with Gasteiger partial charge in [0.05, 0.1) is 22.2 Å². The Bertz CT molecular complexity index is 931. The molecule has 0 spiro atoms. The molecule has 0 heterocycles. The minimum atomic E-state index is -1.87. The number of aliphatic hydroxyl groups is 1. The zero-order chi connectivity index (χ0) is 23.7. The third-order valence-corrected chi connectivity index (χ3v) is 10.6. The SMILES string of the molecule is CC(=O)CO[C@@H]1C[C@H]2[C@@H]3CCC4=CC(=O)C=C[C@]4(C)[C@@]3(Cl)[C@@H](Cl)C[C@]2(C)[C@@]1(O)C(=O)CCl. The quantitative estimate of drug-likeness (QED) is 0.574. The number of ketones is 3. The number of rotatable bonds is 5. The van der Waals surface area contributed by atoms with Crippen molar-refractivity contribution in [2.75, 3.05) is 12.5 Å². The van der Waals surface area contributed by atoms with E-state index in [1.54, 1.807) is 12.2 Å². The van der Waals surface area contributed by atoms with Crippen LogP contribution in [-0.4, -0.2) is 56.9 Å². The summed E-state index contributed by atoms with van der Waals surface area (Å²) in [5, 5.41) is 11.3. The van der Waals surface area contributed by atoms with Gasteiger partial charge in [-0.2, -0.15) is 0 Å². The summed E-state index contributed by atoms with van der Waals surface area (Å²) in [4.78, 5) is 35.8. The molecule has 5 nitrogen and oxygen atoms in total. The van der Waals surface area contributed by atoms with Gasteiger partial charge < -0.3 is 9.84 Å². The van der Waals surface area contributed by atoms with Crippen LogP contribution in [0.2, 0.25) is 0 Å². The first kappa shape index (κ1) is 24.4. The second-order valence-corrected chi connectivity index (χ2v) is 11.7. The van der Waals surface area contributed by atoms with Crippen LogP contribution in [0.25, 0.3) is 0 Å². The highest BCUT2D eigenvalue weighted by molar-refractivity contribution is 6.34. The second-order valence-electron chi connectivity index (χ2n) is 10.3. The fourth-order valence-corrected chi connectivity index (χ4v) is 8.58. The van der Waals surface area contributed by atoms with Crippen molar-refractivity contribution in [3.05, 3.63) is 23.8 Å². The molecule has 0 unspecified atom stereocenters. The molecule has 4 aliphatic rings. The molecule has 0 amide bonds. The van der Waals surface area contributed by atoms with Gasteiger partial charge in [0.15, 0.2) is 23.0 Å². The van der Waals surface area contributed by atoms with Gasteiger partial charge in [0.2, 0.25) is 0 Å². The summed E-state index contributed by atoms with van der Waals surface area (Å²) in [6.07, 6.45) is 6.24. The van der Waals surface area contributed by atoms with Crippen LogP contribution in [0.4, 0.5) is 0 Å². The molecule has 0 aromatic heterocycles. The van der Waals surface area contributed by atoms with Gasteiger partial charge in [-0.1, -0.05) is 25.5 Å². The smallest absolute Gasteiger partial charge is 0.182 e. The fraction of sp³-hybridized carbons (Fsp3) is 0.708. The van der Waals surface area contributed by atoms with Crippen molar-refractivity contribution < 1.29 is 24.2 Å². The summed E-state index contributed by atoms with van der Waals surface area (Å²) in [6, 6.07) is 0. The molecule has 8 atom stereocenters. The Labute approximate surface area is 203 Å². The van der Waals surface area contributed by atoms with Crippen LogP contribution in [-0.2, 0) is 19.1 Å². The highest BCUT2D eigenvalue weighted by atomic mass is 35.5. The fourth-order valence-electron chi connectivity index (χ4n) is 7.14. The van der Waals surface area contributed by atoms with E-state index >= 15 is 0 Å². The Morgan fingerprint density at radius 2 is 1.97 bits per heavy atom. The molecule has 3 fully saturated rings. The summed E-state index contributed by atoms with van der Waals surface area (Å²) in [5.41, 5.74) is -2.43. The molecule has 32 heavy (non-hydrogen) atoms. The van der Waals surface area contributed by atoms with Gasteiger partial charge in [-0.15, -0.1) is 34.8 Å². The van der Waals surface area contributed by atoms with Crippen molar-refractivity contribution in [3.63, 3.8) is 0 Å². The predicted octanol–water partition coefficient (Wildman–Crippen LogP) is 4.00. The van der Waals surface area contributed by atoms with E-state index in [1.165, 1.54) is 6.92 Å². The van der Waals surface area contributed by atoms with Gasteiger partial charge in [0.1, 0.15) is 6.61 Å². The number of hydrogen-bond acceptors (Lipinski definition) is 5. The van der Waals surface area contributed by atoms with Crippen LogP contribution in [0.5, 0.6) is 0 Å². The first-order valence-electron chi connectivity index (χ1n) is 11.1. The minimum absolute atomic E-state index is 0.0522. The van der Waals surface area contributed by atoms with E-state index in [9.17, 15) is 19.5 Å². The molecule has 4 rings (SSSR count). The van der Waals surface area contributed by atoms with E-state index in [1.807, 2.05) is 19.9 Å². The zero-order valence-electron chi connectivity index (χ0n) is 18.5. The van der Waals surface area contributed by atoms with E-state index < -0.39 is 38.6 Å². The van der Waals surface area contributed by atoms with Crippen LogP contribution in [0, 0.1) is 22.7 Å². The van der Waals surface area contributed by atoms with Crippen molar-refractivity contribution in [2.45, 2.75) is 68.4 Å². The van der Waals surface area contributed by atoms with E-state index in [0.717, 1.165) is 5.57 Å². The lowest BCUT2D eigenvalue weighted by Crippen LogP contribution is -2.68. The average molecular weight is 504 g/mol. The molecule has 0 radical (unpaired) electrons. The van der Waals surface area contributed by atoms with Crippen LogP contribution >= 0.6 is 34.8 Å². The number of allylic oxidation sites excluding steroid dienone is 4. The Balaban J connectivity index is 1.81. The largest absolute Gasteiger partial charge is 0.379 e. The number of hydrogen-bond donors (Lipinski definition) is 1. The number of alkyl halides is 3. The van der Waals surface area contributed by atoms with E-state index in [0.29, 0.717) is 19.3 Å². The summed E-state index contributed by atoms with van der Waals surface area (Å²) < 4.78 is 5.82. The lowest BCUT2D eigenvalue weighted by atomic mass is 9.46.